The van der Waals surface area contributed by atoms with Crippen molar-refractivity contribution in [2.45, 2.75) is 18.3 Å². The van der Waals surface area contributed by atoms with Crippen LogP contribution in [0.15, 0.2) is 64.5 Å². The summed E-state index contributed by atoms with van der Waals surface area (Å²) < 4.78 is 17.6. The van der Waals surface area contributed by atoms with Crippen molar-refractivity contribution in [1.29, 1.82) is 0 Å². The summed E-state index contributed by atoms with van der Waals surface area (Å²) in [7, 11) is 3.14. The molecule has 0 radical (unpaired) electrons. The molecule has 2 aromatic carbocycles. The third kappa shape index (κ3) is 3.96. The minimum atomic E-state index is -0.500. The fraction of sp³-hybridized carbons (Fsp3) is 0.208. The number of para-hydroxylation sites is 1. The molecule has 2 aliphatic rings. The predicted molar refractivity (Wildman–Crippen MR) is 125 cm³/mol. The largest absolute Gasteiger partial charge is 0.501 e. The zero-order chi connectivity index (χ0) is 23.7. The molecule has 0 bridgehead atoms. The zero-order valence-electron chi connectivity index (χ0n) is 18.5. The van der Waals surface area contributed by atoms with E-state index in [1.54, 1.807) is 20.3 Å². The summed E-state index contributed by atoms with van der Waals surface area (Å²) in [6.45, 7) is 0.172. The lowest BCUT2D eigenvalue weighted by Crippen LogP contribution is -2.54. The van der Waals surface area contributed by atoms with Crippen LogP contribution in [0.4, 0.5) is 4.79 Å². The monoisotopic (exact) mass is 477 g/mol. The zero-order valence-corrected chi connectivity index (χ0v) is 19.3. The van der Waals surface area contributed by atoms with Crippen molar-refractivity contribution in [3.8, 4) is 22.9 Å². The van der Waals surface area contributed by atoms with Gasteiger partial charge in [0.15, 0.2) is 11.8 Å². The summed E-state index contributed by atoms with van der Waals surface area (Å²) in [5.74, 6) is 1.63. The number of methoxy groups -OCH3 is 2. The average Bonchev–Trinajstić information content (AvgIpc) is 3.54. The second-order valence-corrected chi connectivity index (χ2v) is 8.62. The van der Waals surface area contributed by atoms with Crippen LogP contribution in [0.2, 0.25) is 0 Å². The fourth-order valence-electron chi connectivity index (χ4n) is 3.90. The maximum atomic E-state index is 13.4. The number of fused-ring (bicyclic) bond motifs is 1. The van der Waals surface area contributed by atoms with Gasteiger partial charge in [0.2, 0.25) is 5.82 Å². The highest BCUT2D eigenvalue weighted by Gasteiger charge is 2.49. The molecule has 3 heterocycles. The summed E-state index contributed by atoms with van der Waals surface area (Å²) in [5, 5.41) is 5.38. The Labute approximate surface area is 199 Å². The number of imide groups is 1. The van der Waals surface area contributed by atoms with Gasteiger partial charge < -0.3 is 14.0 Å². The average molecular weight is 478 g/mol. The second-order valence-electron chi connectivity index (χ2n) is 7.60. The van der Waals surface area contributed by atoms with Gasteiger partial charge in [-0.25, -0.2) is 4.79 Å². The van der Waals surface area contributed by atoms with Gasteiger partial charge in [0.25, 0.3) is 5.89 Å². The molecule has 0 saturated heterocycles. The number of aromatic nitrogens is 2. The molecule has 34 heavy (non-hydrogen) atoms. The maximum Gasteiger partial charge on any atom is 0.501 e. The van der Waals surface area contributed by atoms with E-state index in [9.17, 15) is 9.59 Å². The van der Waals surface area contributed by atoms with E-state index in [2.05, 4.69) is 10.1 Å². The van der Waals surface area contributed by atoms with Gasteiger partial charge in [-0.2, -0.15) is 19.3 Å². The normalized spacial score (nSPS) is 17.4. The van der Waals surface area contributed by atoms with Gasteiger partial charge in [-0.15, -0.1) is 11.8 Å². The van der Waals surface area contributed by atoms with Gasteiger partial charge in [-0.05, 0) is 41.3 Å². The molecule has 3 aromatic rings. The summed E-state index contributed by atoms with van der Waals surface area (Å²) in [5.41, 5.74) is 2.08. The standard InChI is InChI=1S/C24H21N4O5S/c1-31-16-7-5-6-15(12-16)13-28-23(29)21-18(10-11-34-21)27(24(28)30)14-20-25-22(26-33-20)17-8-3-4-9-19(17)32-2/h3-12,21H,13-14H2,1-2H3/q+1. The number of urea groups is 1. The van der Waals surface area contributed by atoms with E-state index in [0.717, 1.165) is 5.56 Å². The first-order valence-electron chi connectivity index (χ1n) is 10.5. The van der Waals surface area contributed by atoms with E-state index >= 15 is 0 Å². The van der Waals surface area contributed by atoms with Crippen LogP contribution in [0.25, 0.3) is 11.4 Å². The summed E-state index contributed by atoms with van der Waals surface area (Å²) in [6.07, 6.45) is 1.78. The number of hydrogen-bond donors (Lipinski definition) is 0. The summed E-state index contributed by atoms with van der Waals surface area (Å²) in [4.78, 5) is 32.3. The van der Waals surface area contributed by atoms with Crippen LogP contribution >= 0.6 is 11.8 Å². The lowest BCUT2D eigenvalue weighted by Gasteiger charge is -2.23. The third-order valence-electron chi connectivity index (χ3n) is 5.57. The molecule has 9 nitrogen and oxygen atoms in total. The van der Waals surface area contributed by atoms with E-state index < -0.39 is 11.3 Å². The summed E-state index contributed by atoms with van der Waals surface area (Å²) >= 11 is 1.37. The van der Waals surface area contributed by atoms with E-state index in [1.165, 1.54) is 21.2 Å². The van der Waals surface area contributed by atoms with Crippen LogP contribution in [0.3, 0.4) is 0 Å². The topological polar surface area (TPSA) is 97.8 Å². The lowest BCUT2D eigenvalue weighted by molar-refractivity contribution is -0.458. The van der Waals surface area contributed by atoms with Crippen molar-refractivity contribution in [2.75, 3.05) is 14.2 Å². The lowest BCUT2D eigenvalue weighted by atomic mass is 10.1. The molecule has 10 heteroatoms. The molecule has 1 aromatic heterocycles. The first-order valence-corrected chi connectivity index (χ1v) is 11.4. The Morgan fingerprint density at radius 1 is 1.12 bits per heavy atom. The number of nitrogens with zero attached hydrogens (tertiary/aromatic N) is 4. The van der Waals surface area contributed by atoms with Crippen molar-refractivity contribution in [3.63, 3.8) is 0 Å². The molecule has 0 N–H and O–H groups in total. The van der Waals surface area contributed by atoms with Crippen molar-refractivity contribution < 1.29 is 28.2 Å². The number of carbonyl (C=O) groups is 2. The van der Waals surface area contributed by atoms with Gasteiger partial charge in [0, 0.05) is 0 Å². The molecule has 0 fully saturated rings. The molecular formula is C24H21N4O5S+. The Balaban J connectivity index is 1.44. The van der Waals surface area contributed by atoms with E-state index in [-0.39, 0.29) is 24.9 Å². The molecule has 0 aliphatic carbocycles. The SMILES string of the molecule is COc1cccc(CN2C(=O)C3SC=CC3=[N+](Cc3nc(-c4ccccc4OC)no3)C2=O)c1. The van der Waals surface area contributed by atoms with Crippen molar-refractivity contribution in [1.82, 2.24) is 15.0 Å². The number of ether oxygens (including phenoxy) is 2. The van der Waals surface area contributed by atoms with E-state index in [4.69, 9.17) is 14.0 Å². The molecule has 3 amide bonds. The number of hydrogen-bond acceptors (Lipinski definition) is 8. The Morgan fingerprint density at radius 3 is 2.79 bits per heavy atom. The minimum Gasteiger partial charge on any atom is -0.497 e. The number of benzene rings is 2. The number of thioether (sulfide) groups is 1. The van der Waals surface area contributed by atoms with Gasteiger partial charge in [0.05, 0.1) is 19.8 Å². The molecule has 0 spiro atoms. The van der Waals surface area contributed by atoms with Crippen molar-refractivity contribution in [3.05, 3.63) is 71.5 Å². The smallest absolute Gasteiger partial charge is 0.497 e. The summed E-state index contributed by atoms with van der Waals surface area (Å²) in [6, 6.07) is 14.2. The van der Waals surface area contributed by atoms with Crippen LogP contribution in [-0.2, 0) is 17.9 Å². The van der Waals surface area contributed by atoms with Crippen LogP contribution < -0.4 is 9.47 Å². The quantitative estimate of drug-likeness (QED) is 0.477. The molecule has 5 rings (SSSR count). The molecule has 2 aliphatic heterocycles. The highest BCUT2D eigenvalue weighted by atomic mass is 32.2. The predicted octanol–water partition coefficient (Wildman–Crippen LogP) is 3.50. The molecular weight excluding hydrogens is 456 g/mol. The van der Waals surface area contributed by atoms with E-state index in [1.807, 2.05) is 53.9 Å². The van der Waals surface area contributed by atoms with Crippen LogP contribution in [0.1, 0.15) is 11.5 Å². The first-order chi connectivity index (χ1) is 16.6. The van der Waals surface area contributed by atoms with Gasteiger partial charge in [0.1, 0.15) is 23.8 Å². The van der Waals surface area contributed by atoms with Crippen LogP contribution in [0, 0.1) is 0 Å². The minimum absolute atomic E-state index is 0.0413. The van der Waals surface area contributed by atoms with Gasteiger partial charge in [-0.3, -0.25) is 0 Å². The fourth-order valence-corrected chi connectivity index (χ4v) is 4.87. The Bertz CT molecular complexity index is 1330. The van der Waals surface area contributed by atoms with Gasteiger partial charge in [-0.1, -0.05) is 29.4 Å². The molecule has 1 unspecified atom stereocenters. The van der Waals surface area contributed by atoms with E-state index in [0.29, 0.717) is 28.6 Å². The maximum absolute atomic E-state index is 13.4. The van der Waals surface area contributed by atoms with Crippen molar-refractivity contribution in [2.24, 2.45) is 0 Å². The van der Waals surface area contributed by atoms with Gasteiger partial charge >= 0.3 is 11.9 Å². The molecule has 1 atom stereocenters. The number of amides is 3. The second kappa shape index (κ2) is 9.14. The Morgan fingerprint density at radius 2 is 1.97 bits per heavy atom. The number of allylic oxidation sites excluding steroid dienone is 1. The van der Waals surface area contributed by atoms with Crippen molar-refractivity contribution >= 4 is 29.4 Å². The number of carbonyl (C=O) groups excluding carboxylic acids is 2. The molecule has 0 saturated carbocycles. The third-order valence-corrected chi connectivity index (χ3v) is 6.58. The first kappa shape index (κ1) is 21.9. The number of rotatable bonds is 7. The Kier molecular flexibility index (Phi) is 5.89. The Hall–Kier alpha value is -3.92. The highest BCUT2D eigenvalue weighted by molar-refractivity contribution is 8.04. The molecule has 172 valence electrons. The van der Waals surface area contributed by atoms with Crippen LogP contribution in [-0.4, -0.2) is 56.7 Å². The van der Waals surface area contributed by atoms with Crippen LogP contribution in [0.5, 0.6) is 11.5 Å². The highest BCUT2D eigenvalue weighted by Crippen LogP contribution is 2.30.